The highest BCUT2D eigenvalue weighted by Crippen LogP contribution is 2.11. The highest BCUT2D eigenvalue weighted by molar-refractivity contribution is 5.95. The molecule has 0 amide bonds. The summed E-state index contributed by atoms with van der Waals surface area (Å²) in [5, 5.41) is 0. The summed E-state index contributed by atoms with van der Waals surface area (Å²) in [5.41, 5.74) is 0.656. The third kappa shape index (κ3) is 4.16. The number of pyridine rings is 1. The van der Waals surface area contributed by atoms with Gasteiger partial charge in [0.05, 0.1) is 13.2 Å². The molecule has 1 heterocycles. The molecule has 0 unspecified atom stereocenters. The van der Waals surface area contributed by atoms with Crippen molar-refractivity contribution in [3.8, 4) is 0 Å². The average molecular weight is 251 g/mol. The first kappa shape index (κ1) is 14.2. The molecule has 0 saturated heterocycles. The third-order valence-corrected chi connectivity index (χ3v) is 2.28. The molecule has 0 N–H and O–H groups in total. The van der Waals surface area contributed by atoms with Crippen molar-refractivity contribution < 1.29 is 19.1 Å². The Labute approximate surface area is 106 Å². The Morgan fingerprint density at radius 3 is 2.22 bits per heavy atom. The molecule has 0 aliphatic carbocycles. The number of hydrogen-bond donors (Lipinski definition) is 0. The van der Waals surface area contributed by atoms with E-state index in [9.17, 15) is 9.59 Å². The molecule has 0 saturated carbocycles. The molecule has 0 radical (unpaired) electrons. The maximum Gasteiger partial charge on any atom is 0.320 e. The minimum atomic E-state index is -0.945. The van der Waals surface area contributed by atoms with Gasteiger partial charge >= 0.3 is 11.9 Å². The van der Waals surface area contributed by atoms with E-state index in [0.717, 1.165) is 0 Å². The number of carbonyl (C=O) groups excluding carboxylic acids is 2. The molecule has 0 aliphatic rings. The molecule has 0 fully saturated rings. The van der Waals surface area contributed by atoms with Crippen LogP contribution < -0.4 is 0 Å². The number of aromatic nitrogens is 1. The van der Waals surface area contributed by atoms with Crippen LogP contribution in [0.5, 0.6) is 0 Å². The number of esters is 2. The Balaban J connectivity index is 2.77. The Bertz CT molecular complexity index is 373. The number of nitrogens with zero attached hydrogens (tertiary/aromatic N) is 1. The van der Waals surface area contributed by atoms with Crippen molar-refractivity contribution in [2.24, 2.45) is 5.92 Å². The lowest BCUT2D eigenvalue weighted by atomic mass is 10.0. The SMILES string of the molecule is CCOC(=O)C(Cc1ccccn1)C(=O)OCC. The summed E-state index contributed by atoms with van der Waals surface area (Å²) in [6.07, 6.45) is 1.81. The normalized spacial score (nSPS) is 10.2. The average Bonchev–Trinajstić information content (AvgIpc) is 2.37. The maximum atomic E-state index is 11.7. The van der Waals surface area contributed by atoms with E-state index < -0.39 is 17.9 Å². The molecule has 1 aromatic heterocycles. The van der Waals surface area contributed by atoms with Crippen molar-refractivity contribution >= 4 is 11.9 Å². The molecular formula is C13H17NO4. The lowest BCUT2D eigenvalue weighted by Crippen LogP contribution is -2.30. The third-order valence-electron chi connectivity index (χ3n) is 2.28. The fourth-order valence-corrected chi connectivity index (χ4v) is 1.48. The predicted octanol–water partition coefficient (Wildman–Crippen LogP) is 1.37. The van der Waals surface area contributed by atoms with E-state index in [2.05, 4.69) is 4.98 Å². The van der Waals surface area contributed by atoms with Crippen molar-refractivity contribution in [1.82, 2.24) is 4.98 Å². The fraction of sp³-hybridized carbons (Fsp3) is 0.462. The first-order chi connectivity index (χ1) is 8.69. The molecule has 1 aromatic rings. The predicted molar refractivity (Wildman–Crippen MR) is 64.7 cm³/mol. The highest BCUT2D eigenvalue weighted by atomic mass is 16.6. The maximum absolute atomic E-state index is 11.7. The summed E-state index contributed by atoms with van der Waals surface area (Å²) in [7, 11) is 0. The first-order valence-electron chi connectivity index (χ1n) is 5.92. The Kier molecular flexibility index (Phi) is 5.84. The largest absolute Gasteiger partial charge is 0.465 e. The lowest BCUT2D eigenvalue weighted by molar-refractivity contribution is -0.161. The Morgan fingerprint density at radius 2 is 1.78 bits per heavy atom. The summed E-state index contributed by atoms with van der Waals surface area (Å²) in [4.78, 5) is 27.5. The van der Waals surface area contributed by atoms with E-state index in [0.29, 0.717) is 5.69 Å². The van der Waals surface area contributed by atoms with Crippen LogP contribution >= 0.6 is 0 Å². The van der Waals surface area contributed by atoms with Crippen LogP contribution in [0.15, 0.2) is 24.4 Å². The zero-order chi connectivity index (χ0) is 13.4. The van der Waals surface area contributed by atoms with E-state index in [1.165, 1.54) is 0 Å². The van der Waals surface area contributed by atoms with E-state index >= 15 is 0 Å². The van der Waals surface area contributed by atoms with Crippen molar-refractivity contribution in [3.63, 3.8) is 0 Å². The molecule has 5 heteroatoms. The van der Waals surface area contributed by atoms with Crippen LogP contribution in [0.4, 0.5) is 0 Å². The van der Waals surface area contributed by atoms with Crippen molar-refractivity contribution in [3.05, 3.63) is 30.1 Å². The fourth-order valence-electron chi connectivity index (χ4n) is 1.48. The molecule has 18 heavy (non-hydrogen) atoms. The summed E-state index contributed by atoms with van der Waals surface area (Å²) in [5.74, 6) is -2.08. The number of hydrogen-bond acceptors (Lipinski definition) is 5. The smallest absolute Gasteiger partial charge is 0.320 e. The van der Waals surface area contributed by atoms with Gasteiger partial charge in [-0.25, -0.2) is 0 Å². The van der Waals surface area contributed by atoms with Gasteiger partial charge in [-0.15, -0.1) is 0 Å². The zero-order valence-corrected chi connectivity index (χ0v) is 10.6. The van der Waals surface area contributed by atoms with Gasteiger partial charge in [-0.3, -0.25) is 14.6 Å². The molecule has 98 valence electrons. The minimum absolute atomic E-state index is 0.193. The summed E-state index contributed by atoms with van der Waals surface area (Å²) in [6, 6.07) is 5.33. The minimum Gasteiger partial charge on any atom is -0.465 e. The Hall–Kier alpha value is -1.91. The summed E-state index contributed by atoms with van der Waals surface area (Å²) < 4.78 is 9.75. The van der Waals surface area contributed by atoms with Gasteiger partial charge in [-0.1, -0.05) is 6.07 Å². The molecule has 0 bridgehead atoms. The van der Waals surface area contributed by atoms with Gasteiger partial charge < -0.3 is 9.47 Å². The number of rotatable bonds is 6. The first-order valence-corrected chi connectivity index (χ1v) is 5.92. The summed E-state index contributed by atoms with van der Waals surface area (Å²) in [6.45, 7) is 3.86. The van der Waals surface area contributed by atoms with Crippen molar-refractivity contribution in [2.45, 2.75) is 20.3 Å². The van der Waals surface area contributed by atoms with Gasteiger partial charge in [0.2, 0.25) is 0 Å². The second-order valence-corrected chi connectivity index (χ2v) is 3.58. The van der Waals surface area contributed by atoms with E-state index in [-0.39, 0.29) is 19.6 Å². The van der Waals surface area contributed by atoms with Crippen LogP contribution in [0.25, 0.3) is 0 Å². The van der Waals surface area contributed by atoms with Crippen molar-refractivity contribution in [2.75, 3.05) is 13.2 Å². The van der Waals surface area contributed by atoms with Crippen LogP contribution in [-0.4, -0.2) is 30.1 Å². The molecule has 0 aromatic carbocycles. The van der Waals surface area contributed by atoms with E-state index in [4.69, 9.17) is 9.47 Å². The lowest BCUT2D eigenvalue weighted by Gasteiger charge is -2.13. The second kappa shape index (κ2) is 7.42. The van der Waals surface area contributed by atoms with Gasteiger partial charge in [0.15, 0.2) is 5.92 Å². The number of carbonyl (C=O) groups is 2. The van der Waals surface area contributed by atoms with Crippen LogP contribution in [0.3, 0.4) is 0 Å². The van der Waals surface area contributed by atoms with Gasteiger partial charge in [0, 0.05) is 18.3 Å². The quantitative estimate of drug-likeness (QED) is 0.564. The van der Waals surface area contributed by atoms with Gasteiger partial charge in [-0.2, -0.15) is 0 Å². The highest BCUT2D eigenvalue weighted by Gasteiger charge is 2.30. The zero-order valence-electron chi connectivity index (χ0n) is 10.6. The number of ether oxygens (including phenoxy) is 2. The molecule has 5 nitrogen and oxygen atoms in total. The van der Waals surface area contributed by atoms with E-state index in [1.807, 2.05) is 0 Å². The van der Waals surface area contributed by atoms with Gasteiger partial charge in [0.25, 0.3) is 0 Å². The molecule has 0 aliphatic heterocycles. The van der Waals surface area contributed by atoms with Crippen LogP contribution in [-0.2, 0) is 25.5 Å². The van der Waals surface area contributed by atoms with Gasteiger partial charge in [-0.05, 0) is 26.0 Å². The second-order valence-electron chi connectivity index (χ2n) is 3.58. The van der Waals surface area contributed by atoms with Crippen LogP contribution in [0, 0.1) is 5.92 Å². The molecule has 0 spiro atoms. The Morgan fingerprint density at radius 1 is 1.17 bits per heavy atom. The topological polar surface area (TPSA) is 65.5 Å². The monoisotopic (exact) mass is 251 g/mol. The molecule has 0 atom stereocenters. The van der Waals surface area contributed by atoms with Crippen LogP contribution in [0.2, 0.25) is 0 Å². The van der Waals surface area contributed by atoms with Crippen LogP contribution in [0.1, 0.15) is 19.5 Å². The van der Waals surface area contributed by atoms with E-state index in [1.54, 1.807) is 38.2 Å². The van der Waals surface area contributed by atoms with Crippen molar-refractivity contribution in [1.29, 1.82) is 0 Å². The molecular weight excluding hydrogens is 234 g/mol. The summed E-state index contributed by atoms with van der Waals surface area (Å²) >= 11 is 0. The standard InChI is InChI=1S/C13H17NO4/c1-3-17-12(15)11(13(16)18-4-2)9-10-7-5-6-8-14-10/h5-8,11H,3-4,9H2,1-2H3. The van der Waals surface area contributed by atoms with Gasteiger partial charge in [0.1, 0.15) is 0 Å². The molecule has 1 rings (SSSR count).